The van der Waals surface area contributed by atoms with Crippen molar-refractivity contribution in [2.45, 2.75) is 25.4 Å². The van der Waals surface area contributed by atoms with E-state index >= 15 is 0 Å². The molecule has 0 aliphatic carbocycles. The number of rotatable bonds is 3. The Kier molecular flexibility index (Phi) is 3.48. The lowest BCUT2D eigenvalue weighted by Crippen LogP contribution is -2.44. The lowest BCUT2D eigenvalue weighted by Gasteiger charge is -2.17. The zero-order valence-electron chi connectivity index (χ0n) is 6.41. The summed E-state index contributed by atoms with van der Waals surface area (Å²) in [6, 6.07) is 0. The van der Waals surface area contributed by atoms with Crippen LogP contribution in [0.1, 0.15) is 13.3 Å². The van der Waals surface area contributed by atoms with Crippen LogP contribution in [0.25, 0.3) is 0 Å². The zero-order valence-corrected chi connectivity index (χ0v) is 7.23. The van der Waals surface area contributed by atoms with E-state index in [0.717, 1.165) is 6.92 Å². The fourth-order valence-electron chi connectivity index (χ4n) is 0.495. The predicted molar refractivity (Wildman–Crippen MR) is 38.9 cm³/mol. The van der Waals surface area contributed by atoms with Gasteiger partial charge in [-0.3, -0.25) is 4.79 Å². The number of carbonyl (C=O) groups is 1. The molecule has 1 nitrogen and oxygen atoms in total. The largest absolute Gasteiger partial charge is 0.461 e. The highest BCUT2D eigenvalue weighted by Crippen LogP contribution is 2.36. The number of ketones is 1. The van der Waals surface area contributed by atoms with Gasteiger partial charge < -0.3 is 0 Å². The summed E-state index contributed by atoms with van der Waals surface area (Å²) in [7, 11) is 0. The molecular formula is C6H5F5OS. The van der Waals surface area contributed by atoms with Crippen LogP contribution in [0.5, 0.6) is 0 Å². The van der Waals surface area contributed by atoms with E-state index in [4.69, 9.17) is 0 Å². The molecule has 0 unspecified atom stereocenters. The fourth-order valence-corrected chi connectivity index (χ4v) is 0.626. The maximum atomic E-state index is 12.2. The van der Waals surface area contributed by atoms with Crippen LogP contribution >= 0.6 is 12.2 Å². The summed E-state index contributed by atoms with van der Waals surface area (Å²) in [5, 5.41) is 0. The van der Waals surface area contributed by atoms with E-state index in [1.54, 1.807) is 0 Å². The first-order valence-corrected chi connectivity index (χ1v) is 3.47. The second-order valence-corrected chi connectivity index (χ2v) is 3.07. The first kappa shape index (κ1) is 12.4. The minimum atomic E-state index is -5.84. The second kappa shape index (κ2) is 3.65. The average molecular weight is 220 g/mol. The van der Waals surface area contributed by atoms with Gasteiger partial charge in [0, 0.05) is 6.42 Å². The Morgan fingerprint density at radius 3 is 1.85 bits per heavy atom. The van der Waals surface area contributed by atoms with E-state index in [1.165, 1.54) is 0 Å². The van der Waals surface area contributed by atoms with Gasteiger partial charge in [-0.2, -0.15) is 22.0 Å². The van der Waals surface area contributed by atoms with Crippen molar-refractivity contribution < 1.29 is 26.7 Å². The van der Waals surface area contributed by atoms with Crippen LogP contribution in [0.15, 0.2) is 0 Å². The minimum absolute atomic E-state index is 0.200. The van der Waals surface area contributed by atoms with Gasteiger partial charge in [0.05, 0.1) is 0 Å². The number of halogens is 5. The van der Waals surface area contributed by atoms with Crippen molar-refractivity contribution in [3.05, 3.63) is 0 Å². The van der Waals surface area contributed by atoms with Gasteiger partial charge in [0.2, 0.25) is 5.78 Å². The van der Waals surface area contributed by atoms with Gasteiger partial charge >= 0.3 is 12.1 Å². The van der Waals surface area contributed by atoms with E-state index in [2.05, 4.69) is 12.2 Å². The van der Waals surface area contributed by atoms with Crippen LogP contribution in [0, 0.1) is 0 Å². The van der Waals surface area contributed by atoms with Gasteiger partial charge in [-0.15, -0.1) is 0 Å². The molecular weight excluding hydrogens is 215 g/mol. The van der Waals surface area contributed by atoms with E-state index in [9.17, 15) is 26.7 Å². The first-order chi connectivity index (χ1) is 5.59. The molecule has 0 bridgehead atoms. The monoisotopic (exact) mass is 220 g/mol. The van der Waals surface area contributed by atoms with Crippen LogP contribution in [-0.2, 0) is 4.79 Å². The summed E-state index contributed by atoms with van der Waals surface area (Å²) in [5.41, 5.74) is 0. The Morgan fingerprint density at radius 1 is 1.23 bits per heavy atom. The smallest absolute Gasteiger partial charge is 0.292 e. The molecule has 0 saturated heterocycles. The quantitative estimate of drug-likeness (QED) is 0.537. The minimum Gasteiger partial charge on any atom is -0.292 e. The molecule has 0 amide bonds. The number of Topliss-reactive ketones (excluding diaryl/α,β-unsaturated/α-hetero) is 1. The molecule has 0 radical (unpaired) electrons. The first-order valence-electron chi connectivity index (χ1n) is 3.06. The fraction of sp³-hybridized carbons (Fsp3) is 0.667. The van der Waals surface area contributed by atoms with Gasteiger partial charge in [-0.05, 0) is 11.8 Å². The Balaban J connectivity index is 4.65. The lowest BCUT2D eigenvalue weighted by atomic mass is 10.1. The summed E-state index contributed by atoms with van der Waals surface area (Å²) in [5.74, 6) is -7.51. The second-order valence-electron chi connectivity index (χ2n) is 2.37. The summed E-state index contributed by atoms with van der Waals surface area (Å²) in [6.45, 7) is 1.12. The van der Waals surface area contributed by atoms with Gasteiger partial charge in [0.1, 0.15) is 0 Å². The maximum absolute atomic E-state index is 12.2. The highest BCUT2D eigenvalue weighted by atomic mass is 32.1. The van der Waals surface area contributed by atoms with Gasteiger partial charge in [0.15, 0.2) is 0 Å². The molecule has 0 spiro atoms. The van der Waals surface area contributed by atoms with Crippen molar-refractivity contribution in [3.8, 4) is 0 Å². The van der Waals surface area contributed by atoms with Crippen LogP contribution in [0.2, 0.25) is 0 Å². The molecule has 7 heteroatoms. The Labute approximate surface area is 75.9 Å². The summed E-state index contributed by atoms with van der Waals surface area (Å²) in [6.07, 6.45) is -6.88. The highest BCUT2D eigenvalue weighted by molar-refractivity contribution is 7.80. The van der Waals surface area contributed by atoms with Crippen LogP contribution in [0.3, 0.4) is 0 Å². The standard InChI is InChI=1S/C6H5F5OS/c1-3(13)2-4(12)5(7,8)6(9,10)11/h2H2,1H3. The van der Waals surface area contributed by atoms with E-state index < -0.39 is 24.3 Å². The zero-order chi connectivity index (χ0) is 10.9. The van der Waals surface area contributed by atoms with Crippen LogP contribution in [0.4, 0.5) is 22.0 Å². The molecule has 76 valence electrons. The molecule has 0 aliphatic rings. The molecule has 0 N–H and O–H groups in total. The molecule has 0 aliphatic heterocycles. The van der Waals surface area contributed by atoms with E-state index in [1.807, 2.05) is 0 Å². The number of thiocarbonyl (C=S) groups is 1. The number of hydrogen-bond donors (Lipinski definition) is 0. The van der Waals surface area contributed by atoms with Gasteiger partial charge in [-0.1, -0.05) is 12.2 Å². The van der Waals surface area contributed by atoms with Crippen molar-refractivity contribution in [1.29, 1.82) is 0 Å². The van der Waals surface area contributed by atoms with Crippen molar-refractivity contribution >= 4 is 22.9 Å². The summed E-state index contributed by atoms with van der Waals surface area (Å²) < 4.78 is 58.9. The third-order valence-corrected chi connectivity index (χ3v) is 1.26. The molecule has 0 atom stereocenters. The highest BCUT2D eigenvalue weighted by Gasteiger charge is 2.62. The summed E-state index contributed by atoms with van der Waals surface area (Å²) >= 11 is 4.24. The Morgan fingerprint density at radius 2 is 1.62 bits per heavy atom. The number of hydrogen-bond acceptors (Lipinski definition) is 2. The van der Waals surface area contributed by atoms with Crippen molar-refractivity contribution in [2.24, 2.45) is 0 Å². The van der Waals surface area contributed by atoms with Crippen LogP contribution in [-0.4, -0.2) is 22.7 Å². The Bertz CT molecular complexity index is 232. The molecule has 0 aromatic carbocycles. The molecule has 0 aromatic rings. The van der Waals surface area contributed by atoms with Gasteiger partial charge in [-0.25, -0.2) is 0 Å². The van der Waals surface area contributed by atoms with Crippen molar-refractivity contribution in [1.82, 2.24) is 0 Å². The molecule has 0 saturated carbocycles. The SMILES string of the molecule is CC(=S)CC(=O)C(F)(F)C(F)(F)F. The van der Waals surface area contributed by atoms with Crippen molar-refractivity contribution in [3.63, 3.8) is 0 Å². The third kappa shape index (κ3) is 2.98. The molecule has 0 heterocycles. The summed E-state index contributed by atoms with van der Waals surface area (Å²) in [4.78, 5) is 10.2. The van der Waals surface area contributed by atoms with E-state index in [0.29, 0.717) is 0 Å². The molecule has 0 aromatic heterocycles. The van der Waals surface area contributed by atoms with Crippen molar-refractivity contribution in [2.75, 3.05) is 0 Å². The molecule has 0 fully saturated rings. The molecule has 13 heavy (non-hydrogen) atoms. The molecule has 0 rings (SSSR count). The lowest BCUT2D eigenvalue weighted by molar-refractivity contribution is -0.268. The number of carbonyl (C=O) groups excluding carboxylic acids is 1. The average Bonchev–Trinajstić information content (AvgIpc) is 1.82. The normalized spacial score (nSPS) is 12.8. The van der Waals surface area contributed by atoms with Gasteiger partial charge in [0.25, 0.3) is 0 Å². The predicted octanol–water partition coefficient (Wildman–Crippen LogP) is 2.53. The maximum Gasteiger partial charge on any atom is 0.461 e. The van der Waals surface area contributed by atoms with E-state index in [-0.39, 0.29) is 4.86 Å². The Hall–Kier alpha value is -0.590. The third-order valence-electron chi connectivity index (χ3n) is 1.12. The van der Waals surface area contributed by atoms with Crippen LogP contribution < -0.4 is 0 Å². The number of alkyl halides is 5. The topological polar surface area (TPSA) is 17.1 Å².